The summed E-state index contributed by atoms with van der Waals surface area (Å²) in [5.41, 5.74) is 3.04. The first-order valence-corrected chi connectivity index (χ1v) is 16.1. The Morgan fingerprint density at radius 1 is 0.611 bits per heavy atom. The SMILES string of the molecule is CCCCCC1CCC(CCc2ccc(C3C=CC(OCC4CCC(CCC)CC4)CC3)cc2)CC1. The zero-order valence-electron chi connectivity index (χ0n) is 23.8. The van der Waals surface area contributed by atoms with E-state index in [1.54, 1.807) is 5.56 Å². The topological polar surface area (TPSA) is 9.23 Å². The van der Waals surface area contributed by atoms with Crippen molar-refractivity contribution in [2.24, 2.45) is 23.7 Å². The first-order chi connectivity index (χ1) is 17.7. The van der Waals surface area contributed by atoms with Crippen molar-refractivity contribution >= 4 is 0 Å². The summed E-state index contributed by atoms with van der Waals surface area (Å²) in [7, 11) is 0. The molecule has 0 N–H and O–H groups in total. The molecule has 3 aliphatic rings. The number of hydrogen-bond acceptors (Lipinski definition) is 1. The fraction of sp³-hybridized carbons (Fsp3) is 0.771. The molecule has 0 bridgehead atoms. The lowest BCUT2D eigenvalue weighted by molar-refractivity contribution is 0.0332. The minimum absolute atomic E-state index is 0.343. The first-order valence-electron chi connectivity index (χ1n) is 16.1. The lowest BCUT2D eigenvalue weighted by Gasteiger charge is -2.30. The maximum atomic E-state index is 6.35. The van der Waals surface area contributed by atoms with E-state index in [0.717, 1.165) is 30.3 Å². The van der Waals surface area contributed by atoms with Crippen LogP contribution >= 0.6 is 0 Å². The van der Waals surface area contributed by atoms with E-state index in [2.05, 4.69) is 50.3 Å². The fourth-order valence-corrected chi connectivity index (χ4v) is 7.36. The van der Waals surface area contributed by atoms with Gasteiger partial charge in [0.25, 0.3) is 0 Å². The zero-order chi connectivity index (χ0) is 25.0. The molecular weight excluding hydrogens is 436 g/mol. The van der Waals surface area contributed by atoms with Gasteiger partial charge in [0.15, 0.2) is 0 Å². The number of unbranched alkanes of at least 4 members (excludes halogenated alkanes) is 2. The van der Waals surface area contributed by atoms with Crippen LogP contribution in [0, 0.1) is 23.7 Å². The Hall–Kier alpha value is -1.08. The van der Waals surface area contributed by atoms with E-state index in [1.165, 1.54) is 121 Å². The summed E-state index contributed by atoms with van der Waals surface area (Å²) in [6.07, 6.45) is 30.3. The van der Waals surface area contributed by atoms with Crippen molar-refractivity contribution in [3.05, 3.63) is 47.5 Å². The summed E-state index contributed by atoms with van der Waals surface area (Å²) in [5.74, 6) is 4.37. The molecule has 1 aromatic rings. The van der Waals surface area contributed by atoms with Crippen molar-refractivity contribution in [1.82, 2.24) is 0 Å². The van der Waals surface area contributed by atoms with Crippen molar-refractivity contribution < 1.29 is 4.74 Å². The number of rotatable bonds is 13. The molecule has 0 spiro atoms. The molecule has 3 aliphatic carbocycles. The molecule has 202 valence electrons. The second kappa shape index (κ2) is 15.4. The molecule has 2 fully saturated rings. The van der Waals surface area contributed by atoms with E-state index in [-0.39, 0.29) is 0 Å². The van der Waals surface area contributed by atoms with Crippen LogP contribution in [0.15, 0.2) is 36.4 Å². The van der Waals surface area contributed by atoms with Gasteiger partial charge in [-0.15, -0.1) is 0 Å². The second-order valence-corrected chi connectivity index (χ2v) is 12.8. The monoisotopic (exact) mass is 492 g/mol. The number of hydrogen-bond donors (Lipinski definition) is 0. The van der Waals surface area contributed by atoms with Crippen LogP contribution in [0.5, 0.6) is 0 Å². The molecule has 1 heteroatoms. The molecule has 0 aromatic heterocycles. The molecule has 2 unspecified atom stereocenters. The Morgan fingerprint density at radius 2 is 1.25 bits per heavy atom. The quantitative estimate of drug-likeness (QED) is 0.196. The van der Waals surface area contributed by atoms with Crippen molar-refractivity contribution in [3.8, 4) is 0 Å². The van der Waals surface area contributed by atoms with E-state index < -0.39 is 0 Å². The maximum absolute atomic E-state index is 6.35. The number of ether oxygens (including phenoxy) is 1. The molecule has 0 radical (unpaired) electrons. The molecule has 2 saturated carbocycles. The third-order valence-corrected chi connectivity index (χ3v) is 9.96. The van der Waals surface area contributed by atoms with Crippen molar-refractivity contribution in [2.45, 2.75) is 141 Å². The number of benzene rings is 1. The van der Waals surface area contributed by atoms with Gasteiger partial charge < -0.3 is 4.74 Å². The van der Waals surface area contributed by atoms with Gasteiger partial charge in [-0.2, -0.15) is 0 Å². The summed E-state index contributed by atoms with van der Waals surface area (Å²) in [4.78, 5) is 0. The first kappa shape index (κ1) is 27.9. The van der Waals surface area contributed by atoms with Gasteiger partial charge in [-0.1, -0.05) is 127 Å². The molecule has 2 atom stereocenters. The van der Waals surface area contributed by atoms with Crippen LogP contribution in [0.3, 0.4) is 0 Å². The summed E-state index contributed by atoms with van der Waals surface area (Å²) < 4.78 is 6.35. The molecule has 0 amide bonds. The summed E-state index contributed by atoms with van der Waals surface area (Å²) in [6.45, 7) is 5.63. The summed E-state index contributed by atoms with van der Waals surface area (Å²) >= 11 is 0. The van der Waals surface area contributed by atoms with Crippen molar-refractivity contribution in [2.75, 3.05) is 6.61 Å². The lowest BCUT2D eigenvalue weighted by Crippen LogP contribution is -2.23. The van der Waals surface area contributed by atoms with Crippen LogP contribution in [0.25, 0.3) is 0 Å². The zero-order valence-corrected chi connectivity index (χ0v) is 23.8. The van der Waals surface area contributed by atoms with Gasteiger partial charge in [-0.25, -0.2) is 0 Å². The second-order valence-electron chi connectivity index (χ2n) is 12.8. The van der Waals surface area contributed by atoms with Gasteiger partial charge in [0.2, 0.25) is 0 Å². The normalized spacial score (nSPS) is 30.9. The maximum Gasteiger partial charge on any atom is 0.0756 e. The fourth-order valence-electron chi connectivity index (χ4n) is 7.36. The molecule has 4 rings (SSSR count). The molecule has 0 aliphatic heterocycles. The summed E-state index contributed by atoms with van der Waals surface area (Å²) in [5, 5.41) is 0. The van der Waals surface area contributed by atoms with Crippen LogP contribution in [-0.2, 0) is 11.2 Å². The number of aryl methyl sites for hydroxylation is 1. The smallest absolute Gasteiger partial charge is 0.0756 e. The molecule has 36 heavy (non-hydrogen) atoms. The highest BCUT2D eigenvalue weighted by molar-refractivity contribution is 5.29. The standard InChI is InChI=1S/C35H56O/c1-3-5-6-8-29-9-11-30(12-10-29)13-14-31-19-21-33(22-20-31)34-23-25-35(26-24-34)36-27-32-17-15-28(7-4-2)16-18-32/h19-23,25,28-30,32,34-35H,3-18,24,26-27H2,1-2H3. The Balaban J connectivity index is 1.12. The van der Waals surface area contributed by atoms with Gasteiger partial charge in [0.05, 0.1) is 12.7 Å². The average Bonchev–Trinajstić information content (AvgIpc) is 2.93. The van der Waals surface area contributed by atoms with E-state index >= 15 is 0 Å². The Bertz CT molecular complexity index is 732. The number of allylic oxidation sites excluding steroid dienone is 1. The third-order valence-electron chi connectivity index (χ3n) is 9.96. The highest BCUT2D eigenvalue weighted by Crippen LogP contribution is 2.35. The van der Waals surface area contributed by atoms with Gasteiger partial charge in [-0.3, -0.25) is 0 Å². The molecular formula is C35H56O. The predicted molar refractivity (Wildman–Crippen MR) is 156 cm³/mol. The van der Waals surface area contributed by atoms with Crippen molar-refractivity contribution in [3.63, 3.8) is 0 Å². The van der Waals surface area contributed by atoms with Crippen LogP contribution in [0.1, 0.15) is 140 Å². The molecule has 0 saturated heterocycles. The van der Waals surface area contributed by atoms with Crippen molar-refractivity contribution in [1.29, 1.82) is 0 Å². The van der Waals surface area contributed by atoms with E-state index in [4.69, 9.17) is 4.74 Å². The Labute approximate surface area is 223 Å². The van der Waals surface area contributed by atoms with E-state index in [9.17, 15) is 0 Å². The molecule has 0 heterocycles. The largest absolute Gasteiger partial charge is 0.374 e. The lowest BCUT2D eigenvalue weighted by atomic mass is 9.77. The minimum atomic E-state index is 0.343. The van der Waals surface area contributed by atoms with E-state index in [0.29, 0.717) is 12.0 Å². The third kappa shape index (κ3) is 9.04. The van der Waals surface area contributed by atoms with Gasteiger partial charge in [-0.05, 0) is 73.3 Å². The summed E-state index contributed by atoms with van der Waals surface area (Å²) in [6, 6.07) is 9.64. The highest BCUT2D eigenvalue weighted by atomic mass is 16.5. The average molecular weight is 493 g/mol. The van der Waals surface area contributed by atoms with Crippen LogP contribution in [0.4, 0.5) is 0 Å². The predicted octanol–water partition coefficient (Wildman–Crippen LogP) is 10.4. The van der Waals surface area contributed by atoms with Gasteiger partial charge in [0.1, 0.15) is 0 Å². The van der Waals surface area contributed by atoms with Gasteiger partial charge in [0, 0.05) is 5.92 Å². The highest BCUT2D eigenvalue weighted by Gasteiger charge is 2.24. The van der Waals surface area contributed by atoms with Gasteiger partial charge >= 0.3 is 0 Å². The van der Waals surface area contributed by atoms with Crippen LogP contribution in [-0.4, -0.2) is 12.7 Å². The van der Waals surface area contributed by atoms with Crippen LogP contribution < -0.4 is 0 Å². The Kier molecular flexibility index (Phi) is 11.9. The molecule has 1 nitrogen and oxygen atoms in total. The molecule has 1 aromatic carbocycles. The minimum Gasteiger partial charge on any atom is -0.374 e. The van der Waals surface area contributed by atoms with Crippen LogP contribution in [0.2, 0.25) is 0 Å². The van der Waals surface area contributed by atoms with E-state index in [1.807, 2.05) is 0 Å². The Morgan fingerprint density at radius 3 is 1.86 bits per heavy atom.